The Kier molecular flexibility index (Phi) is 28.0. The van der Waals surface area contributed by atoms with Gasteiger partial charge in [-0.3, -0.25) is 43.2 Å². The summed E-state index contributed by atoms with van der Waals surface area (Å²) in [6, 6.07) is -3.67. The van der Waals surface area contributed by atoms with Crippen molar-refractivity contribution < 1.29 is 73.2 Å². The van der Waals surface area contributed by atoms with Gasteiger partial charge in [0.1, 0.15) is 29.4 Å². The maximum absolute atomic E-state index is 12.6. The Balaban J connectivity index is 4.63. The fraction of sp³-hybridized carbons (Fsp3) is 0.718. The minimum atomic E-state index is -1.57. The molecule has 0 spiro atoms. The molecule has 0 saturated heterocycles. The molecular weight excluding hydrogens is 792 g/mol. The molecule has 0 radical (unpaired) electrons. The van der Waals surface area contributed by atoms with Gasteiger partial charge in [0, 0.05) is 64.5 Å². The van der Waals surface area contributed by atoms with Gasteiger partial charge in [0.15, 0.2) is 0 Å². The summed E-state index contributed by atoms with van der Waals surface area (Å²) in [7, 11) is 0. The average Bonchev–Trinajstić information content (AvgIpc) is 3.18. The van der Waals surface area contributed by atoms with Crippen LogP contribution in [-0.2, 0) is 52.7 Å². The van der Waals surface area contributed by atoms with Gasteiger partial charge in [-0.15, -0.1) is 0 Å². The zero-order valence-electron chi connectivity index (χ0n) is 34.5. The number of ketones is 3. The monoisotopic (exact) mass is 856 g/mol. The van der Waals surface area contributed by atoms with E-state index in [9.17, 15) is 68.1 Å². The average molecular weight is 857 g/mol. The van der Waals surface area contributed by atoms with Crippen LogP contribution in [0.4, 0.5) is 0 Å². The van der Waals surface area contributed by atoms with Crippen LogP contribution in [-0.4, -0.2) is 123 Å². The van der Waals surface area contributed by atoms with E-state index in [1.807, 2.05) is 6.92 Å². The maximum atomic E-state index is 12.6. The molecule has 340 valence electrons. The number of aliphatic carboxylic acids is 4. The SMILES string of the molecule is CC[C@@H](CCCCNC(=O)[C@@H](N)CCCCNC(=O)CC[C@H](CC(=O)CC[C@H](NC(=O)CC[C@H](CC(=O)CC[C@H](NC(C)=O)C(=O)O)C(=O)O)C(=O)O)C(=O)O)C(=O)CN. The number of amides is 4. The van der Waals surface area contributed by atoms with E-state index >= 15 is 0 Å². The number of carboxylic acids is 4. The number of unbranched alkanes of at least 4 members (excludes halogenated alkanes) is 2. The predicted octanol–water partition coefficient (Wildman–Crippen LogP) is 0.0402. The van der Waals surface area contributed by atoms with E-state index in [2.05, 4.69) is 21.3 Å². The van der Waals surface area contributed by atoms with Crippen LogP contribution in [0.1, 0.15) is 123 Å². The van der Waals surface area contributed by atoms with E-state index < -0.39 is 115 Å². The van der Waals surface area contributed by atoms with Crippen LogP contribution in [0.2, 0.25) is 0 Å². The molecule has 0 aliphatic carbocycles. The van der Waals surface area contributed by atoms with Crippen LogP contribution < -0.4 is 32.7 Å². The second-order valence-corrected chi connectivity index (χ2v) is 14.8. The summed E-state index contributed by atoms with van der Waals surface area (Å²) in [6.45, 7) is 3.72. The number of rotatable bonds is 36. The highest BCUT2D eigenvalue weighted by atomic mass is 16.4. The lowest BCUT2D eigenvalue weighted by molar-refractivity contribution is -0.145. The summed E-state index contributed by atoms with van der Waals surface area (Å²) < 4.78 is 0. The van der Waals surface area contributed by atoms with E-state index in [4.69, 9.17) is 16.6 Å². The van der Waals surface area contributed by atoms with Crippen molar-refractivity contribution in [2.45, 2.75) is 141 Å². The number of hydrogen-bond acceptors (Lipinski definition) is 13. The van der Waals surface area contributed by atoms with E-state index in [1.165, 1.54) is 0 Å². The molecule has 6 atom stereocenters. The lowest BCUT2D eigenvalue weighted by Crippen LogP contribution is -2.41. The molecule has 0 aromatic rings. The second kappa shape index (κ2) is 30.7. The summed E-state index contributed by atoms with van der Waals surface area (Å²) in [5, 5.41) is 47.6. The summed E-state index contributed by atoms with van der Waals surface area (Å²) in [5.41, 5.74) is 11.4. The molecule has 0 rings (SSSR count). The topological polar surface area (TPSA) is 369 Å². The quantitative estimate of drug-likeness (QED) is 0.0372. The Hall–Kier alpha value is -5.31. The van der Waals surface area contributed by atoms with Crippen molar-refractivity contribution in [1.82, 2.24) is 21.3 Å². The summed E-state index contributed by atoms with van der Waals surface area (Å²) >= 11 is 0. The number of carboxylic acid groups (broad SMARTS) is 4. The van der Waals surface area contributed by atoms with Crippen LogP contribution >= 0.6 is 0 Å². The third-order valence-corrected chi connectivity index (χ3v) is 9.85. The van der Waals surface area contributed by atoms with E-state index in [1.54, 1.807) is 0 Å². The highest BCUT2D eigenvalue weighted by Crippen LogP contribution is 2.18. The first-order chi connectivity index (χ1) is 28.2. The normalized spacial score (nSPS) is 13.9. The molecule has 12 N–H and O–H groups in total. The van der Waals surface area contributed by atoms with Crippen molar-refractivity contribution in [3.63, 3.8) is 0 Å². The first-order valence-corrected chi connectivity index (χ1v) is 20.3. The third-order valence-electron chi connectivity index (χ3n) is 9.85. The molecule has 4 amide bonds. The Labute approximate surface area is 348 Å². The number of Topliss-reactive ketones (excluding diaryl/α,β-unsaturated/α-hetero) is 3. The molecule has 0 fully saturated rings. The summed E-state index contributed by atoms with van der Waals surface area (Å²) in [5.74, 6) is -11.8. The zero-order valence-corrected chi connectivity index (χ0v) is 34.5. The Bertz CT molecular complexity index is 1490. The van der Waals surface area contributed by atoms with E-state index in [0.717, 1.165) is 19.8 Å². The van der Waals surface area contributed by atoms with Gasteiger partial charge in [0.05, 0.1) is 24.4 Å². The molecule has 60 heavy (non-hydrogen) atoms. The largest absolute Gasteiger partial charge is 0.481 e. The number of carbonyl (C=O) groups is 11. The van der Waals surface area contributed by atoms with Crippen LogP contribution in [0.15, 0.2) is 0 Å². The van der Waals surface area contributed by atoms with Crippen LogP contribution in [0.3, 0.4) is 0 Å². The first kappa shape index (κ1) is 54.7. The van der Waals surface area contributed by atoms with Gasteiger partial charge >= 0.3 is 23.9 Å². The third kappa shape index (κ3) is 25.2. The first-order valence-electron chi connectivity index (χ1n) is 20.3. The van der Waals surface area contributed by atoms with Gasteiger partial charge in [0.2, 0.25) is 23.6 Å². The Morgan fingerprint density at radius 3 is 1.45 bits per heavy atom. The molecule has 21 heteroatoms. The van der Waals surface area contributed by atoms with Gasteiger partial charge in [-0.05, 0) is 64.2 Å². The fourth-order valence-electron chi connectivity index (χ4n) is 6.18. The Morgan fingerprint density at radius 2 is 1.00 bits per heavy atom. The molecule has 0 bridgehead atoms. The zero-order chi connectivity index (χ0) is 45.8. The number of hydrogen-bond donors (Lipinski definition) is 10. The standard InChI is InChI=1S/C39H64N6O15/c1-3-24(32(49)22-40)8-4-6-19-43-35(52)29(41)9-5-7-18-42-33(50)16-10-25(36(53)54)20-28(48)13-15-31(39(59)60)45-34(51)17-11-26(37(55)56)21-27(47)12-14-30(38(57)58)44-23(2)46/h24-26,29-31H,3-22,40-41H2,1-2H3,(H,42,50)(H,43,52)(H,44,46)(H,45,51)(H,53,54)(H,55,56)(H,57,58)(H,59,60)/t24-,25+,26+,29-,30-,31-/m0/s1. The molecule has 0 heterocycles. The van der Waals surface area contributed by atoms with Crippen LogP contribution in [0, 0.1) is 17.8 Å². The van der Waals surface area contributed by atoms with Gasteiger partial charge < -0.3 is 53.2 Å². The number of carbonyl (C=O) groups excluding carboxylic acids is 7. The number of nitrogens with one attached hydrogen (secondary N) is 4. The van der Waals surface area contributed by atoms with Crippen LogP contribution in [0.5, 0.6) is 0 Å². The maximum Gasteiger partial charge on any atom is 0.326 e. The molecule has 0 aliphatic heterocycles. The van der Waals surface area contributed by atoms with Crippen molar-refractivity contribution in [3.05, 3.63) is 0 Å². The Morgan fingerprint density at radius 1 is 0.533 bits per heavy atom. The molecule has 0 unspecified atom stereocenters. The minimum absolute atomic E-state index is 0.0174. The lowest BCUT2D eigenvalue weighted by Gasteiger charge is -2.17. The summed E-state index contributed by atoms with van der Waals surface area (Å²) in [4.78, 5) is 132. The smallest absolute Gasteiger partial charge is 0.326 e. The van der Waals surface area contributed by atoms with Crippen molar-refractivity contribution in [2.24, 2.45) is 29.2 Å². The molecule has 0 aromatic heterocycles. The molecule has 21 nitrogen and oxygen atoms in total. The predicted molar refractivity (Wildman–Crippen MR) is 213 cm³/mol. The van der Waals surface area contributed by atoms with Gasteiger partial charge in [-0.25, -0.2) is 9.59 Å². The van der Waals surface area contributed by atoms with Crippen LogP contribution in [0.25, 0.3) is 0 Å². The van der Waals surface area contributed by atoms with Crippen molar-refractivity contribution in [2.75, 3.05) is 19.6 Å². The van der Waals surface area contributed by atoms with Crippen molar-refractivity contribution in [3.8, 4) is 0 Å². The van der Waals surface area contributed by atoms with Crippen molar-refractivity contribution >= 4 is 64.9 Å². The molecular formula is C39H64N6O15. The van der Waals surface area contributed by atoms with Gasteiger partial charge in [-0.1, -0.05) is 13.3 Å². The number of nitrogens with two attached hydrogens (primary N) is 2. The highest BCUT2D eigenvalue weighted by molar-refractivity contribution is 5.88. The molecule has 0 aliphatic rings. The molecule has 0 aromatic carbocycles. The second-order valence-electron chi connectivity index (χ2n) is 14.8. The van der Waals surface area contributed by atoms with Crippen molar-refractivity contribution in [1.29, 1.82) is 0 Å². The summed E-state index contributed by atoms with van der Waals surface area (Å²) in [6.07, 6.45) is 0.532. The highest BCUT2D eigenvalue weighted by Gasteiger charge is 2.28. The molecule has 0 saturated carbocycles. The lowest BCUT2D eigenvalue weighted by atomic mass is 9.93. The van der Waals surface area contributed by atoms with Gasteiger partial charge in [0.25, 0.3) is 0 Å². The van der Waals surface area contributed by atoms with E-state index in [0.29, 0.717) is 38.6 Å². The minimum Gasteiger partial charge on any atom is -0.481 e. The van der Waals surface area contributed by atoms with E-state index in [-0.39, 0.29) is 62.8 Å². The van der Waals surface area contributed by atoms with Gasteiger partial charge in [-0.2, -0.15) is 0 Å². The fourth-order valence-corrected chi connectivity index (χ4v) is 6.18.